The highest BCUT2D eigenvalue weighted by Crippen LogP contribution is 2.25. The molecule has 112 valence electrons. The molecular formula is C14H18N4O3. The Morgan fingerprint density at radius 2 is 2.14 bits per heavy atom. The van der Waals surface area contributed by atoms with Gasteiger partial charge in [-0.15, -0.1) is 0 Å². The lowest BCUT2D eigenvalue weighted by Gasteiger charge is -2.37. The summed E-state index contributed by atoms with van der Waals surface area (Å²) in [5.41, 5.74) is 6.24. The molecule has 0 bridgehead atoms. The van der Waals surface area contributed by atoms with Gasteiger partial charge in [-0.2, -0.15) is 0 Å². The third-order valence-electron chi connectivity index (χ3n) is 4.35. The van der Waals surface area contributed by atoms with Crippen LogP contribution in [-0.4, -0.2) is 52.9 Å². The number of nitrogen functional groups attached to an aromatic ring is 1. The Bertz CT molecular complexity index is 590. The summed E-state index contributed by atoms with van der Waals surface area (Å²) in [5.74, 6) is -0.206. The van der Waals surface area contributed by atoms with Gasteiger partial charge in [-0.3, -0.25) is 19.8 Å². The monoisotopic (exact) mass is 290 g/mol. The van der Waals surface area contributed by atoms with Crippen LogP contribution in [0, 0.1) is 10.1 Å². The van der Waals surface area contributed by atoms with Crippen LogP contribution in [0.2, 0.25) is 0 Å². The van der Waals surface area contributed by atoms with Gasteiger partial charge in [-0.1, -0.05) is 0 Å². The van der Waals surface area contributed by atoms with Crippen molar-refractivity contribution < 1.29 is 9.72 Å². The molecule has 7 nitrogen and oxygen atoms in total. The summed E-state index contributed by atoms with van der Waals surface area (Å²) in [6, 6.07) is 4.44. The van der Waals surface area contributed by atoms with Crippen molar-refractivity contribution in [1.29, 1.82) is 0 Å². The molecule has 0 aliphatic carbocycles. The number of nitrogens with zero attached hydrogens (tertiary/aromatic N) is 3. The van der Waals surface area contributed by atoms with Gasteiger partial charge in [0.1, 0.15) is 0 Å². The zero-order valence-corrected chi connectivity index (χ0v) is 11.7. The number of carbonyl (C=O) groups excluding carboxylic acids is 1. The molecule has 2 fully saturated rings. The molecule has 0 spiro atoms. The van der Waals surface area contributed by atoms with E-state index in [2.05, 4.69) is 4.90 Å². The van der Waals surface area contributed by atoms with Gasteiger partial charge in [-0.05, 0) is 25.5 Å². The summed E-state index contributed by atoms with van der Waals surface area (Å²) in [4.78, 5) is 27.1. The average Bonchev–Trinajstić information content (AvgIpc) is 2.94. The van der Waals surface area contributed by atoms with Gasteiger partial charge in [0.15, 0.2) is 0 Å². The Morgan fingerprint density at radius 1 is 1.33 bits per heavy atom. The van der Waals surface area contributed by atoms with Gasteiger partial charge in [0.25, 0.3) is 11.6 Å². The normalized spacial score (nSPS) is 22.1. The summed E-state index contributed by atoms with van der Waals surface area (Å²) >= 11 is 0. The Kier molecular flexibility index (Phi) is 3.50. The highest BCUT2D eigenvalue weighted by Gasteiger charge is 2.33. The number of carbonyl (C=O) groups is 1. The van der Waals surface area contributed by atoms with Gasteiger partial charge in [-0.25, -0.2) is 0 Å². The first kappa shape index (κ1) is 13.8. The van der Waals surface area contributed by atoms with Gasteiger partial charge in [0.05, 0.1) is 10.5 Å². The number of hydrogen-bond acceptors (Lipinski definition) is 5. The predicted molar refractivity (Wildman–Crippen MR) is 78.0 cm³/mol. The lowest BCUT2D eigenvalue weighted by molar-refractivity contribution is -0.384. The van der Waals surface area contributed by atoms with Crippen molar-refractivity contribution >= 4 is 17.3 Å². The van der Waals surface area contributed by atoms with Crippen molar-refractivity contribution in [2.24, 2.45) is 0 Å². The maximum absolute atomic E-state index is 12.6. The molecule has 2 aliphatic heterocycles. The summed E-state index contributed by atoms with van der Waals surface area (Å²) in [6.45, 7) is 3.30. The lowest BCUT2D eigenvalue weighted by atomic mass is 10.1. The SMILES string of the molecule is Nc1ccc([N+](=O)[O-])cc1C(=O)N1CCN2CCCC2C1. The fourth-order valence-electron chi connectivity index (χ4n) is 3.19. The molecule has 0 saturated carbocycles. The van der Waals surface area contributed by atoms with E-state index in [-0.39, 0.29) is 17.2 Å². The van der Waals surface area contributed by atoms with Crippen LogP contribution in [0.1, 0.15) is 23.2 Å². The first-order valence-electron chi connectivity index (χ1n) is 7.13. The Balaban J connectivity index is 1.81. The van der Waals surface area contributed by atoms with E-state index in [1.807, 2.05) is 0 Å². The van der Waals surface area contributed by atoms with Gasteiger partial charge >= 0.3 is 0 Å². The minimum atomic E-state index is -0.509. The lowest BCUT2D eigenvalue weighted by Crippen LogP contribution is -2.52. The number of benzene rings is 1. The van der Waals surface area contributed by atoms with E-state index in [1.54, 1.807) is 4.90 Å². The van der Waals surface area contributed by atoms with E-state index in [1.165, 1.54) is 24.6 Å². The fraction of sp³-hybridized carbons (Fsp3) is 0.500. The van der Waals surface area contributed by atoms with Crippen LogP contribution in [0.4, 0.5) is 11.4 Å². The number of piperazine rings is 1. The Hall–Kier alpha value is -2.15. The highest BCUT2D eigenvalue weighted by atomic mass is 16.6. The number of nitro benzene ring substituents is 1. The van der Waals surface area contributed by atoms with E-state index in [9.17, 15) is 14.9 Å². The maximum atomic E-state index is 12.6. The van der Waals surface area contributed by atoms with Crippen LogP contribution in [0.15, 0.2) is 18.2 Å². The second-order valence-corrected chi connectivity index (χ2v) is 5.61. The number of amides is 1. The highest BCUT2D eigenvalue weighted by molar-refractivity contribution is 5.99. The third-order valence-corrected chi connectivity index (χ3v) is 4.35. The molecule has 0 radical (unpaired) electrons. The first-order valence-corrected chi connectivity index (χ1v) is 7.13. The van der Waals surface area contributed by atoms with Crippen LogP contribution < -0.4 is 5.73 Å². The van der Waals surface area contributed by atoms with Crippen molar-refractivity contribution in [3.05, 3.63) is 33.9 Å². The molecule has 21 heavy (non-hydrogen) atoms. The molecule has 2 N–H and O–H groups in total. The third kappa shape index (κ3) is 2.56. The molecule has 1 atom stereocenters. The summed E-state index contributed by atoms with van der Waals surface area (Å²) in [7, 11) is 0. The van der Waals surface area contributed by atoms with Crippen molar-refractivity contribution in [3.63, 3.8) is 0 Å². The minimum absolute atomic E-state index is 0.105. The number of non-ortho nitro benzene ring substituents is 1. The number of rotatable bonds is 2. The summed E-state index contributed by atoms with van der Waals surface area (Å²) < 4.78 is 0. The largest absolute Gasteiger partial charge is 0.398 e. The zero-order valence-electron chi connectivity index (χ0n) is 11.7. The molecule has 1 aromatic rings. The van der Waals surface area contributed by atoms with Crippen LogP contribution in [-0.2, 0) is 0 Å². The van der Waals surface area contributed by atoms with Crippen molar-refractivity contribution in [3.8, 4) is 0 Å². The molecule has 2 heterocycles. The van der Waals surface area contributed by atoms with Crippen molar-refractivity contribution in [2.45, 2.75) is 18.9 Å². The van der Waals surface area contributed by atoms with Crippen LogP contribution in [0.5, 0.6) is 0 Å². The fourth-order valence-corrected chi connectivity index (χ4v) is 3.19. The minimum Gasteiger partial charge on any atom is -0.398 e. The van der Waals surface area contributed by atoms with Crippen molar-refractivity contribution in [1.82, 2.24) is 9.80 Å². The molecule has 2 saturated heterocycles. The van der Waals surface area contributed by atoms with Gasteiger partial charge in [0.2, 0.25) is 0 Å². The maximum Gasteiger partial charge on any atom is 0.270 e. The van der Waals surface area contributed by atoms with Crippen LogP contribution in [0.25, 0.3) is 0 Å². The van der Waals surface area contributed by atoms with E-state index >= 15 is 0 Å². The molecule has 3 rings (SSSR count). The first-order chi connectivity index (χ1) is 10.1. The number of nitrogens with two attached hydrogens (primary N) is 1. The second kappa shape index (κ2) is 5.33. The topological polar surface area (TPSA) is 92.7 Å². The van der Waals surface area contributed by atoms with Gasteiger partial charge in [0, 0.05) is 43.5 Å². The average molecular weight is 290 g/mol. The number of nitro groups is 1. The van der Waals surface area contributed by atoms with E-state index < -0.39 is 4.92 Å². The summed E-state index contributed by atoms with van der Waals surface area (Å²) in [6.07, 6.45) is 2.28. The van der Waals surface area contributed by atoms with E-state index in [0.717, 1.165) is 19.5 Å². The molecule has 1 aromatic carbocycles. The molecule has 2 aliphatic rings. The molecular weight excluding hydrogens is 272 g/mol. The van der Waals surface area contributed by atoms with Crippen LogP contribution >= 0.6 is 0 Å². The van der Waals surface area contributed by atoms with Crippen LogP contribution in [0.3, 0.4) is 0 Å². The van der Waals surface area contributed by atoms with E-state index in [0.29, 0.717) is 24.8 Å². The quantitative estimate of drug-likeness (QED) is 0.500. The molecule has 7 heteroatoms. The predicted octanol–water partition coefficient (Wildman–Crippen LogP) is 1.10. The summed E-state index contributed by atoms with van der Waals surface area (Å²) in [5, 5.41) is 10.8. The molecule has 1 unspecified atom stereocenters. The Morgan fingerprint density at radius 3 is 2.90 bits per heavy atom. The number of hydrogen-bond donors (Lipinski definition) is 1. The molecule has 1 amide bonds. The van der Waals surface area contributed by atoms with E-state index in [4.69, 9.17) is 5.73 Å². The standard InChI is InChI=1S/C14H18N4O3/c15-13-4-3-10(18(20)21)8-12(13)14(19)17-7-6-16-5-1-2-11(16)9-17/h3-4,8,11H,1-2,5-7,9,15H2. The number of fused-ring (bicyclic) bond motifs is 1. The Labute approximate surface area is 122 Å². The zero-order chi connectivity index (χ0) is 15.0. The second-order valence-electron chi connectivity index (χ2n) is 5.61. The van der Waals surface area contributed by atoms with Gasteiger partial charge < -0.3 is 10.6 Å². The number of anilines is 1. The van der Waals surface area contributed by atoms with Crippen molar-refractivity contribution in [2.75, 3.05) is 31.9 Å². The smallest absolute Gasteiger partial charge is 0.270 e. The molecule has 0 aromatic heterocycles.